The maximum atomic E-state index is 13.8. The van der Waals surface area contributed by atoms with Crippen molar-refractivity contribution >= 4 is 35.5 Å². The number of carbonyl (C=O) groups excluding carboxylic acids is 3. The maximum absolute atomic E-state index is 13.8. The third-order valence-corrected chi connectivity index (χ3v) is 6.96. The van der Waals surface area contributed by atoms with E-state index in [1.807, 2.05) is 0 Å². The number of nitrogens with one attached hydrogen (secondary N) is 2. The number of rotatable bonds is 9. The first-order valence-corrected chi connectivity index (χ1v) is 13.5. The summed E-state index contributed by atoms with van der Waals surface area (Å²) in [6.07, 6.45) is 5.24. The molecule has 210 valence electrons. The summed E-state index contributed by atoms with van der Waals surface area (Å²) in [7, 11) is 0. The molecule has 10 nitrogen and oxygen atoms in total. The number of carbonyl (C=O) groups is 4. The van der Waals surface area contributed by atoms with Crippen LogP contribution in [0, 0.1) is 5.92 Å². The van der Waals surface area contributed by atoms with Crippen LogP contribution < -0.4 is 15.4 Å². The van der Waals surface area contributed by atoms with Crippen molar-refractivity contribution in [2.45, 2.75) is 89.9 Å². The Morgan fingerprint density at radius 3 is 2.47 bits per heavy atom. The van der Waals surface area contributed by atoms with Gasteiger partial charge in [0.15, 0.2) is 6.61 Å². The van der Waals surface area contributed by atoms with E-state index < -0.39 is 36.4 Å². The molecule has 0 aromatic heterocycles. The Balaban J connectivity index is 1.70. The fraction of sp³-hybridized carbons (Fsp3) is 0.630. The Kier molecular flexibility index (Phi) is 10.2. The zero-order valence-electron chi connectivity index (χ0n) is 22.3. The van der Waals surface area contributed by atoms with Gasteiger partial charge in [-0.2, -0.15) is 0 Å². The average Bonchev–Trinajstić information content (AvgIpc) is 3.34. The lowest BCUT2D eigenvalue weighted by Crippen LogP contribution is -2.56. The highest BCUT2D eigenvalue weighted by atomic mass is 35.5. The zero-order valence-corrected chi connectivity index (χ0v) is 23.0. The van der Waals surface area contributed by atoms with Gasteiger partial charge in [-0.1, -0.05) is 30.9 Å². The van der Waals surface area contributed by atoms with Gasteiger partial charge in [0.2, 0.25) is 11.8 Å². The number of ether oxygens (including phenoxy) is 2. The number of nitrogens with zero attached hydrogens (tertiary/aromatic N) is 1. The number of hydrogen-bond donors (Lipinski definition) is 3. The van der Waals surface area contributed by atoms with Gasteiger partial charge in [0.1, 0.15) is 23.4 Å². The standard InChI is InChI=1S/C27H38ClN3O7/c1-27(2,3)38-26(36)30-23(17-8-5-4-6-9-17)25(35)31-13-7-10-20(31)24(34)29-15-18-14-19(28)11-12-21(18)37-16-22(32)33/h11-12,14,17,20,23H,4-10,13,15-16H2,1-3H3,(H,29,34)(H,30,36)(H,32,33)/t20-,23+/m0/s1. The topological polar surface area (TPSA) is 134 Å². The molecule has 0 unspecified atom stereocenters. The third kappa shape index (κ3) is 8.51. The van der Waals surface area contributed by atoms with E-state index in [1.165, 1.54) is 0 Å². The molecule has 1 heterocycles. The highest BCUT2D eigenvalue weighted by Crippen LogP contribution is 2.30. The van der Waals surface area contributed by atoms with E-state index in [0.29, 0.717) is 35.7 Å². The zero-order chi connectivity index (χ0) is 27.9. The molecule has 1 aromatic carbocycles. The van der Waals surface area contributed by atoms with Gasteiger partial charge in [-0.05, 0) is 70.6 Å². The van der Waals surface area contributed by atoms with Crippen molar-refractivity contribution in [2.75, 3.05) is 13.2 Å². The highest BCUT2D eigenvalue weighted by Gasteiger charge is 2.41. The molecule has 11 heteroatoms. The van der Waals surface area contributed by atoms with E-state index in [0.717, 1.165) is 32.1 Å². The molecular weight excluding hydrogens is 514 g/mol. The number of benzene rings is 1. The predicted octanol–water partition coefficient (Wildman–Crippen LogP) is 3.88. The van der Waals surface area contributed by atoms with E-state index in [2.05, 4.69) is 10.6 Å². The minimum absolute atomic E-state index is 0.0199. The van der Waals surface area contributed by atoms with Crippen LogP contribution >= 0.6 is 11.6 Å². The van der Waals surface area contributed by atoms with Crippen LogP contribution in [0.2, 0.25) is 5.02 Å². The molecule has 0 spiro atoms. The molecule has 1 aromatic rings. The fourth-order valence-electron chi connectivity index (χ4n) is 5.03. The first kappa shape index (κ1) is 29.5. The van der Waals surface area contributed by atoms with E-state index >= 15 is 0 Å². The number of likely N-dealkylation sites (tertiary alicyclic amines) is 1. The fourth-order valence-corrected chi connectivity index (χ4v) is 5.23. The Hall–Kier alpha value is -3.01. The maximum Gasteiger partial charge on any atom is 0.408 e. The van der Waals surface area contributed by atoms with Crippen LogP contribution in [-0.2, 0) is 25.7 Å². The van der Waals surface area contributed by atoms with Crippen LogP contribution in [0.4, 0.5) is 4.79 Å². The van der Waals surface area contributed by atoms with Crippen molar-refractivity contribution in [3.05, 3.63) is 28.8 Å². The van der Waals surface area contributed by atoms with Gasteiger partial charge < -0.3 is 30.1 Å². The van der Waals surface area contributed by atoms with E-state index in [1.54, 1.807) is 43.9 Å². The van der Waals surface area contributed by atoms with Gasteiger partial charge in [-0.25, -0.2) is 9.59 Å². The second-order valence-corrected chi connectivity index (χ2v) is 11.3. The summed E-state index contributed by atoms with van der Waals surface area (Å²) >= 11 is 6.09. The lowest BCUT2D eigenvalue weighted by molar-refractivity contribution is -0.141. The Labute approximate surface area is 228 Å². The minimum Gasteiger partial charge on any atom is -0.482 e. The lowest BCUT2D eigenvalue weighted by Gasteiger charge is -2.35. The molecule has 1 saturated carbocycles. The first-order chi connectivity index (χ1) is 17.9. The number of amides is 3. The van der Waals surface area contributed by atoms with Crippen molar-refractivity contribution in [1.29, 1.82) is 0 Å². The van der Waals surface area contributed by atoms with E-state index in [9.17, 15) is 19.2 Å². The Morgan fingerprint density at radius 2 is 1.82 bits per heavy atom. The second kappa shape index (κ2) is 13.2. The monoisotopic (exact) mass is 551 g/mol. The van der Waals surface area contributed by atoms with Crippen LogP contribution in [0.1, 0.15) is 71.3 Å². The van der Waals surface area contributed by atoms with Crippen molar-refractivity contribution < 1.29 is 33.8 Å². The molecule has 0 bridgehead atoms. The van der Waals surface area contributed by atoms with Crippen LogP contribution in [0.15, 0.2) is 18.2 Å². The van der Waals surface area contributed by atoms with Crippen molar-refractivity contribution in [1.82, 2.24) is 15.5 Å². The smallest absolute Gasteiger partial charge is 0.408 e. The normalized spacial score (nSPS) is 18.9. The number of carboxylic acid groups (broad SMARTS) is 1. The van der Waals surface area contributed by atoms with Gasteiger partial charge in [0, 0.05) is 23.7 Å². The number of carboxylic acids is 1. The molecule has 3 N–H and O–H groups in total. The molecule has 3 amide bonds. The van der Waals surface area contributed by atoms with Crippen LogP contribution in [0.25, 0.3) is 0 Å². The summed E-state index contributed by atoms with van der Waals surface area (Å²) in [4.78, 5) is 52.1. The summed E-state index contributed by atoms with van der Waals surface area (Å²) < 4.78 is 10.7. The number of aliphatic carboxylic acids is 1. The summed E-state index contributed by atoms with van der Waals surface area (Å²) in [6, 6.07) is 3.28. The minimum atomic E-state index is -1.12. The van der Waals surface area contributed by atoms with Crippen LogP contribution in [-0.4, -0.2) is 64.7 Å². The van der Waals surface area contributed by atoms with Gasteiger partial charge in [-0.15, -0.1) is 0 Å². The molecule has 2 fully saturated rings. The summed E-state index contributed by atoms with van der Waals surface area (Å²) in [5, 5.41) is 15.0. The quantitative estimate of drug-likeness (QED) is 0.424. The van der Waals surface area contributed by atoms with E-state index in [4.69, 9.17) is 26.2 Å². The van der Waals surface area contributed by atoms with Crippen LogP contribution in [0.5, 0.6) is 5.75 Å². The average molecular weight is 552 g/mol. The van der Waals surface area contributed by atoms with Crippen molar-refractivity contribution in [2.24, 2.45) is 5.92 Å². The Morgan fingerprint density at radius 1 is 1.11 bits per heavy atom. The van der Waals surface area contributed by atoms with Crippen LogP contribution in [0.3, 0.4) is 0 Å². The summed E-state index contributed by atoms with van der Waals surface area (Å²) in [5.41, 5.74) is -0.178. The molecule has 2 aliphatic rings. The molecule has 38 heavy (non-hydrogen) atoms. The molecule has 0 radical (unpaired) electrons. The predicted molar refractivity (Wildman–Crippen MR) is 141 cm³/mol. The van der Waals surface area contributed by atoms with Gasteiger partial charge in [0.05, 0.1) is 0 Å². The summed E-state index contributed by atoms with van der Waals surface area (Å²) in [6.45, 7) is 5.24. The SMILES string of the molecule is CC(C)(C)OC(=O)N[C@@H](C(=O)N1CCC[C@H]1C(=O)NCc1cc(Cl)ccc1OCC(=O)O)C1CCCCC1. The largest absolute Gasteiger partial charge is 0.482 e. The van der Waals surface area contributed by atoms with Gasteiger partial charge in [-0.3, -0.25) is 9.59 Å². The molecule has 1 aliphatic carbocycles. The van der Waals surface area contributed by atoms with E-state index in [-0.39, 0.29) is 24.3 Å². The molecule has 1 aliphatic heterocycles. The first-order valence-electron chi connectivity index (χ1n) is 13.2. The second-order valence-electron chi connectivity index (χ2n) is 10.9. The van der Waals surface area contributed by atoms with Gasteiger partial charge >= 0.3 is 12.1 Å². The molecule has 1 saturated heterocycles. The molecule has 3 rings (SSSR count). The number of alkyl carbamates (subject to hydrolysis) is 1. The van der Waals surface area contributed by atoms with Crippen molar-refractivity contribution in [3.8, 4) is 5.75 Å². The van der Waals surface area contributed by atoms with Crippen molar-refractivity contribution in [3.63, 3.8) is 0 Å². The van der Waals surface area contributed by atoms with Gasteiger partial charge in [0.25, 0.3) is 0 Å². The molecule has 2 atom stereocenters. The number of halogens is 1. The Bertz CT molecular complexity index is 1020. The number of hydrogen-bond acceptors (Lipinski definition) is 6. The summed E-state index contributed by atoms with van der Waals surface area (Å²) in [5.74, 6) is -1.44. The lowest BCUT2D eigenvalue weighted by atomic mass is 9.83. The molecular formula is C27H38ClN3O7. The third-order valence-electron chi connectivity index (χ3n) is 6.72. The highest BCUT2D eigenvalue weighted by molar-refractivity contribution is 6.30.